The zero-order valence-corrected chi connectivity index (χ0v) is 19.3. The summed E-state index contributed by atoms with van der Waals surface area (Å²) in [5, 5.41) is 12.5. The number of carbonyl (C=O) groups is 1. The van der Waals surface area contributed by atoms with Gasteiger partial charge in [0.15, 0.2) is 11.0 Å². The van der Waals surface area contributed by atoms with Crippen molar-refractivity contribution in [2.75, 3.05) is 25.3 Å². The van der Waals surface area contributed by atoms with Gasteiger partial charge < -0.3 is 24.1 Å². The molecule has 0 bridgehead atoms. The van der Waals surface area contributed by atoms with Gasteiger partial charge in [0, 0.05) is 13.1 Å². The maximum atomic E-state index is 12.4. The van der Waals surface area contributed by atoms with Crippen LogP contribution < -0.4 is 19.5 Å². The molecule has 1 heterocycles. The summed E-state index contributed by atoms with van der Waals surface area (Å²) in [5.74, 6) is 1.93. The number of para-hydroxylation sites is 1. The molecule has 0 radical (unpaired) electrons. The number of nitrogens with zero attached hydrogens (tertiary/aromatic N) is 3. The van der Waals surface area contributed by atoms with Crippen molar-refractivity contribution in [1.82, 2.24) is 14.8 Å². The summed E-state index contributed by atoms with van der Waals surface area (Å²) in [5.41, 5.74) is 0.450. The molecule has 1 N–H and O–H groups in total. The first-order chi connectivity index (χ1) is 14.9. The van der Waals surface area contributed by atoms with Crippen molar-refractivity contribution in [3.8, 4) is 17.2 Å². The monoisotopic (exact) mass is 482 g/mol. The minimum absolute atomic E-state index is 0.115. The molecular formula is C20H20Cl2N4O4S. The second-order valence-electron chi connectivity index (χ2n) is 6.20. The summed E-state index contributed by atoms with van der Waals surface area (Å²) in [4.78, 5) is 12.4. The minimum Gasteiger partial charge on any atom is -0.495 e. The molecule has 0 unspecified atom stereocenters. The van der Waals surface area contributed by atoms with Crippen molar-refractivity contribution >= 4 is 46.6 Å². The summed E-state index contributed by atoms with van der Waals surface area (Å²) < 4.78 is 17.9. The predicted molar refractivity (Wildman–Crippen MR) is 121 cm³/mol. The van der Waals surface area contributed by atoms with Gasteiger partial charge in [-0.15, -0.1) is 10.2 Å². The van der Waals surface area contributed by atoms with E-state index in [-0.39, 0.29) is 18.3 Å². The van der Waals surface area contributed by atoms with E-state index >= 15 is 0 Å². The average Bonchev–Trinajstić information content (AvgIpc) is 3.11. The first-order valence-corrected chi connectivity index (χ1v) is 10.8. The SMILES string of the molecule is COc1cc(OC)c(NC(=O)CSc2nnc(COc3ccccc3Cl)n2C)cc1Cl. The molecule has 3 rings (SSSR count). The number of benzene rings is 2. The van der Waals surface area contributed by atoms with E-state index in [0.29, 0.717) is 44.0 Å². The Kier molecular flexibility index (Phi) is 7.89. The van der Waals surface area contributed by atoms with E-state index in [4.69, 9.17) is 37.4 Å². The third-order valence-electron chi connectivity index (χ3n) is 4.20. The number of anilines is 1. The van der Waals surface area contributed by atoms with E-state index in [9.17, 15) is 4.79 Å². The smallest absolute Gasteiger partial charge is 0.234 e. The summed E-state index contributed by atoms with van der Waals surface area (Å²) in [6.45, 7) is 0.196. The minimum atomic E-state index is -0.249. The Labute approximate surface area is 193 Å². The van der Waals surface area contributed by atoms with Gasteiger partial charge >= 0.3 is 0 Å². The average molecular weight is 483 g/mol. The van der Waals surface area contributed by atoms with E-state index in [1.807, 2.05) is 12.1 Å². The standard InChI is InChI=1S/C20H20Cl2N4O4S/c1-26-18(10-30-15-7-5-4-6-12(15)21)24-25-20(26)31-11-19(27)23-14-8-13(22)16(28-2)9-17(14)29-3/h4-9H,10-11H2,1-3H3,(H,23,27). The van der Waals surface area contributed by atoms with Gasteiger partial charge in [0.25, 0.3) is 0 Å². The molecule has 0 saturated carbocycles. The molecule has 3 aromatic rings. The van der Waals surface area contributed by atoms with Gasteiger partial charge in [-0.2, -0.15) is 0 Å². The fourth-order valence-electron chi connectivity index (χ4n) is 2.57. The van der Waals surface area contributed by atoms with Crippen LogP contribution in [0.1, 0.15) is 5.82 Å². The number of thioether (sulfide) groups is 1. The number of nitrogens with one attached hydrogen (secondary N) is 1. The Hall–Kier alpha value is -2.62. The third kappa shape index (κ3) is 5.75. The van der Waals surface area contributed by atoms with Gasteiger partial charge in [0.1, 0.15) is 23.9 Å². The zero-order valence-electron chi connectivity index (χ0n) is 17.0. The Morgan fingerprint density at radius 3 is 2.52 bits per heavy atom. The van der Waals surface area contributed by atoms with Gasteiger partial charge in [-0.1, -0.05) is 47.1 Å². The summed E-state index contributed by atoms with van der Waals surface area (Å²) in [7, 11) is 4.81. The fourth-order valence-corrected chi connectivity index (χ4v) is 3.74. The van der Waals surface area contributed by atoms with Crippen LogP contribution in [0.25, 0.3) is 0 Å². The van der Waals surface area contributed by atoms with E-state index < -0.39 is 0 Å². The quantitative estimate of drug-likeness (QED) is 0.450. The maximum absolute atomic E-state index is 12.4. The topological polar surface area (TPSA) is 87.5 Å². The molecule has 31 heavy (non-hydrogen) atoms. The van der Waals surface area contributed by atoms with E-state index in [1.54, 1.807) is 35.9 Å². The summed E-state index contributed by atoms with van der Waals surface area (Å²) >= 11 is 13.5. The summed E-state index contributed by atoms with van der Waals surface area (Å²) in [6.07, 6.45) is 0. The summed E-state index contributed by atoms with van der Waals surface area (Å²) in [6, 6.07) is 10.4. The molecule has 2 aromatic carbocycles. The van der Waals surface area contributed by atoms with Gasteiger partial charge in [-0.05, 0) is 18.2 Å². The molecule has 164 valence electrons. The Balaban J connectivity index is 1.59. The molecule has 1 aromatic heterocycles. The number of rotatable bonds is 9. The van der Waals surface area contributed by atoms with E-state index in [1.165, 1.54) is 26.0 Å². The lowest BCUT2D eigenvalue weighted by atomic mass is 10.2. The second kappa shape index (κ2) is 10.6. The maximum Gasteiger partial charge on any atom is 0.234 e. The lowest BCUT2D eigenvalue weighted by Gasteiger charge is -2.13. The number of hydrogen-bond acceptors (Lipinski definition) is 7. The van der Waals surface area contributed by atoms with Gasteiger partial charge in [-0.25, -0.2) is 0 Å². The van der Waals surface area contributed by atoms with E-state index in [2.05, 4.69) is 15.5 Å². The number of aromatic nitrogens is 3. The van der Waals surface area contributed by atoms with Crippen LogP contribution in [0.2, 0.25) is 10.0 Å². The Morgan fingerprint density at radius 2 is 1.81 bits per heavy atom. The fraction of sp³-hybridized carbons (Fsp3) is 0.250. The highest BCUT2D eigenvalue weighted by molar-refractivity contribution is 7.99. The molecule has 0 aliphatic heterocycles. The number of amides is 1. The van der Waals surface area contributed by atoms with Crippen molar-refractivity contribution < 1.29 is 19.0 Å². The molecule has 0 aliphatic carbocycles. The highest BCUT2D eigenvalue weighted by atomic mass is 35.5. The molecule has 0 fully saturated rings. The molecule has 11 heteroatoms. The van der Waals surface area contributed by atoms with Crippen LogP contribution in [0.5, 0.6) is 17.2 Å². The molecule has 0 saturated heterocycles. The number of ether oxygens (including phenoxy) is 3. The van der Waals surface area contributed by atoms with Crippen LogP contribution in [0.15, 0.2) is 41.6 Å². The van der Waals surface area contributed by atoms with Gasteiger partial charge in [-0.3, -0.25) is 4.79 Å². The van der Waals surface area contributed by atoms with Crippen molar-refractivity contribution in [2.24, 2.45) is 7.05 Å². The van der Waals surface area contributed by atoms with Crippen molar-refractivity contribution in [3.63, 3.8) is 0 Å². The molecule has 0 aliphatic rings. The highest BCUT2D eigenvalue weighted by Gasteiger charge is 2.15. The normalized spacial score (nSPS) is 10.6. The van der Waals surface area contributed by atoms with Crippen LogP contribution in [-0.2, 0) is 18.4 Å². The van der Waals surface area contributed by atoms with Crippen LogP contribution in [-0.4, -0.2) is 40.6 Å². The van der Waals surface area contributed by atoms with Crippen LogP contribution in [0.4, 0.5) is 5.69 Å². The lowest BCUT2D eigenvalue weighted by molar-refractivity contribution is -0.113. The molecule has 0 atom stereocenters. The number of methoxy groups -OCH3 is 2. The molecule has 8 nitrogen and oxygen atoms in total. The van der Waals surface area contributed by atoms with Crippen LogP contribution in [0.3, 0.4) is 0 Å². The van der Waals surface area contributed by atoms with Gasteiger partial charge in [0.2, 0.25) is 5.91 Å². The number of hydrogen-bond donors (Lipinski definition) is 1. The molecule has 0 spiro atoms. The number of halogens is 2. The van der Waals surface area contributed by atoms with Gasteiger partial charge in [0.05, 0.1) is 35.7 Å². The third-order valence-corrected chi connectivity index (χ3v) is 5.83. The Morgan fingerprint density at radius 1 is 1.06 bits per heavy atom. The van der Waals surface area contributed by atoms with Crippen molar-refractivity contribution in [2.45, 2.75) is 11.8 Å². The first-order valence-electron chi connectivity index (χ1n) is 9.02. The predicted octanol–water partition coefficient (Wildman–Crippen LogP) is 4.45. The molecule has 1 amide bonds. The van der Waals surface area contributed by atoms with Crippen molar-refractivity contribution in [3.05, 3.63) is 52.3 Å². The number of carbonyl (C=O) groups excluding carboxylic acids is 1. The van der Waals surface area contributed by atoms with Crippen LogP contribution in [0, 0.1) is 0 Å². The zero-order chi connectivity index (χ0) is 22.4. The highest BCUT2D eigenvalue weighted by Crippen LogP contribution is 2.36. The second-order valence-corrected chi connectivity index (χ2v) is 7.96. The first kappa shape index (κ1) is 23.1. The van der Waals surface area contributed by atoms with Crippen molar-refractivity contribution in [1.29, 1.82) is 0 Å². The van der Waals surface area contributed by atoms with E-state index in [0.717, 1.165) is 0 Å². The Bertz CT molecular complexity index is 1080. The largest absolute Gasteiger partial charge is 0.495 e. The lowest BCUT2D eigenvalue weighted by Crippen LogP contribution is -2.15. The van der Waals surface area contributed by atoms with Crippen LogP contribution >= 0.6 is 35.0 Å². The molecular weight excluding hydrogens is 463 g/mol.